The monoisotopic (exact) mass is 318 g/mol. The Balaban J connectivity index is 2.27. The van der Waals surface area contributed by atoms with Crippen molar-refractivity contribution in [3.05, 3.63) is 12.2 Å². The Hall–Kier alpha value is -0.760. The molecule has 0 aromatic heterocycles. The second-order valence-electron chi connectivity index (χ2n) is 5.62. The van der Waals surface area contributed by atoms with E-state index >= 15 is 0 Å². The first-order valence-corrected chi connectivity index (χ1v) is 6.55. The summed E-state index contributed by atoms with van der Waals surface area (Å²) in [6, 6.07) is 0. The van der Waals surface area contributed by atoms with Crippen LogP contribution in [0.3, 0.4) is 0 Å². The average molecular weight is 318 g/mol. The molecule has 21 heavy (non-hydrogen) atoms. The summed E-state index contributed by atoms with van der Waals surface area (Å²) in [5.74, 6) is -0.827. The van der Waals surface area contributed by atoms with E-state index in [1.54, 1.807) is 6.08 Å². The van der Waals surface area contributed by atoms with Crippen molar-refractivity contribution in [2.45, 2.75) is 37.2 Å². The van der Waals surface area contributed by atoms with E-state index in [-0.39, 0.29) is 11.8 Å². The van der Waals surface area contributed by atoms with Crippen molar-refractivity contribution < 1.29 is 35.8 Å². The molecular weight excluding hydrogens is 302 g/mol. The van der Waals surface area contributed by atoms with Crippen LogP contribution in [0.15, 0.2) is 12.2 Å². The van der Waals surface area contributed by atoms with E-state index in [1.165, 1.54) is 0 Å². The zero-order valence-electron chi connectivity index (χ0n) is 11.3. The Bertz CT molecular complexity index is 386. The molecule has 0 aliphatic heterocycles. The van der Waals surface area contributed by atoms with Gasteiger partial charge in [-0.2, -0.15) is 26.3 Å². The summed E-state index contributed by atoms with van der Waals surface area (Å²) in [6.45, 7) is -1.06. The maximum Gasteiger partial charge on any atom is 0.426 e. The van der Waals surface area contributed by atoms with E-state index in [9.17, 15) is 26.3 Å². The number of hydrogen-bond donors (Lipinski definition) is 0. The minimum atomic E-state index is -5.55. The lowest BCUT2D eigenvalue weighted by Gasteiger charge is -2.39. The highest BCUT2D eigenvalue weighted by molar-refractivity contribution is 5.12. The van der Waals surface area contributed by atoms with Gasteiger partial charge in [-0.3, -0.25) is 0 Å². The first-order valence-electron chi connectivity index (χ1n) is 6.55. The summed E-state index contributed by atoms with van der Waals surface area (Å²) in [6.07, 6.45) is -7.67. The number of allylic oxidation sites excluding steroid dienone is 2. The lowest BCUT2D eigenvalue weighted by atomic mass is 9.81. The Morgan fingerprint density at radius 3 is 2.00 bits per heavy atom. The van der Waals surface area contributed by atoms with Crippen LogP contribution in [0.1, 0.15) is 19.3 Å². The van der Waals surface area contributed by atoms with Gasteiger partial charge in [0.2, 0.25) is 0 Å². The third kappa shape index (κ3) is 2.92. The minimum absolute atomic E-state index is 0.0848. The van der Waals surface area contributed by atoms with Gasteiger partial charge in [0, 0.05) is 7.11 Å². The molecule has 0 heterocycles. The van der Waals surface area contributed by atoms with Crippen molar-refractivity contribution in [3.63, 3.8) is 0 Å². The molecule has 2 aliphatic carbocycles. The molecule has 2 bridgehead atoms. The second kappa shape index (κ2) is 5.46. The summed E-state index contributed by atoms with van der Waals surface area (Å²) in [7, 11) is 0.984. The fourth-order valence-corrected chi connectivity index (χ4v) is 3.27. The van der Waals surface area contributed by atoms with Crippen molar-refractivity contribution in [2.24, 2.45) is 17.8 Å². The van der Waals surface area contributed by atoms with Gasteiger partial charge in [0.15, 0.2) is 0 Å². The molecule has 1 saturated carbocycles. The second-order valence-corrected chi connectivity index (χ2v) is 5.62. The Labute approximate surface area is 118 Å². The van der Waals surface area contributed by atoms with E-state index in [1.807, 2.05) is 6.08 Å². The largest absolute Gasteiger partial charge is 0.426 e. The molecule has 0 saturated heterocycles. The van der Waals surface area contributed by atoms with Gasteiger partial charge in [0.05, 0.1) is 0 Å². The summed E-state index contributed by atoms with van der Waals surface area (Å²) in [4.78, 5) is 0. The molecule has 0 spiro atoms. The standard InChI is InChI=1S/C13H16F6O2/c1-20-7-21-11(12(14,15)16,13(17,18)19)6-10-5-8-2-3-9(10)4-8/h2-3,8-10H,4-7H2,1H3. The molecule has 2 aliphatic rings. The SMILES string of the molecule is COCOC(CC1CC2C=CC1C2)(C(F)(F)F)C(F)(F)F. The summed E-state index contributed by atoms with van der Waals surface area (Å²) in [5, 5.41) is 0. The van der Waals surface area contributed by atoms with E-state index in [0.717, 1.165) is 7.11 Å². The van der Waals surface area contributed by atoms with Crippen LogP contribution in [-0.4, -0.2) is 31.9 Å². The van der Waals surface area contributed by atoms with Crippen LogP contribution in [0.4, 0.5) is 26.3 Å². The van der Waals surface area contributed by atoms with Crippen LogP contribution in [0.5, 0.6) is 0 Å². The fraction of sp³-hybridized carbons (Fsp3) is 0.846. The average Bonchev–Trinajstić information content (AvgIpc) is 2.93. The first-order chi connectivity index (χ1) is 9.61. The number of fused-ring (bicyclic) bond motifs is 2. The molecular formula is C13H16F6O2. The van der Waals surface area contributed by atoms with Crippen molar-refractivity contribution in [1.82, 2.24) is 0 Å². The first kappa shape index (κ1) is 16.6. The number of alkyl halides is 6. The van der Waals surface area contributed by atoms with Crippen LogP contribution in [0.2, 0.25) is 0 Å². The van der Waals surface area contributed by atoms with Crippen molar-refractivity contribution >= 4 is 0 Å². The van der Waals surface area contributed by atoms with Crippen LogP contribution in [-0.2, 0) is 9.47 Å². The Morgan fingerprint density at radius 1 is 1.00 bits per heavy atom. The smallest absolute Gasteiger partial charge is 0.359 e. The highest BCUT2D eigenvalue weighted by Gasteiger charge is 2.73. The van der Waals surface area contributed by atoms with E-state index in [2.05, 4.69) is 9.47 Å². The lowest BCUT2D eigenvalue weighted by Crippen LogP contribution is -2.60. The van der Waals surface area contributed by atoms with Crippen molar-refractivity contribution in [2.75, 3.05) is 13.9 Å². The number of ether oxygens (including phenoxy) is 2. The van der Waals surface area contributed by atoms with Gasteiger partial charge >= 0.3 is 12.4 Å². The summed E-state index contributed by atoms with van der Waals surface area (Å²) >= 11 is 0. The third-order valence-corrected chi connectivity index (χ3v) is 4.31. The Kier molecular flexibility index (Phi) is 4.32. The molecule has 2 nitrogen and oxygen atoms in total. The summed E-state index contributed by atoms with van der Waals surface area (Å²) < 4.78 is 87.5. The van der Waals surface area contributed by atoms with Gasteiger partial charge in [0.25, 0.3) is 5.60 Å². The van der Waals surface area contributed by atoms with E-state index in [4.69, 9.17) is 0 Å². The quantitative estimate of drug-likeness (QED) is 0.432. The van der Waals surface area contributed by atoms with Gasteiger partial charge in [-0.15, -0.1) is 0 Å². The molecule has 0 N–H and O–H groups in total. The maximum atomic E-state index is 13.2. The van der Waals surface area contributed by atoms with Crippen LogP contribution in [0, 0.1) is 17.8 Å². The minimum Gasteiger partial charge on any atom is -0.359 e. The highest BCUT2D eigenvalue weighted by atomic mass is 19.4. The molecule has 122 valence electrons. The van der Waals surface area contributed by atoms with Gasteiger partial charge in [0.1, 0.15) is 6.79 Å². The third-order valence-electron chi connectivity index (χ3n) is 4.31. The molecule has 0 radical (unpaired) electrons. The lowest BCUT2D eigenvalue weighted by molar-refractivity contribution is -0.396. The van der Waals surface area contributed by atoms with Crippen LogP contribution < -0.4 is 0 Å². The normalized spacial score (nSPS) is 29.4. The Morgan fingerprint density at radius 2 is 1.62 bits per heavy atom. The van der Waals surface area contributed by atoms with E-state index in [0.29, 0.717) is 12.8 Å². The van der Waals surface area contributed by atoms with Gasteiger partial charge in [-0.1, -0.05) is 12.2 Å². The molecule has 3 atom stereocenters. The predicted molar refractivity (Wildman–Crippen MR) is 61.3 cm³/mol. The summed E-state index contributed by atoms with van der Waals surface area (Å²) in [5.41, 5.74) is -4.17. The van der Waals surface area contributed by atoms with Crippen LogP contribution >= 0.6 is 0 Å². The highest BCUT2D eigenvalue weighted by Crippen LogP contribution is 2.54. The zero-order chi connectivity index (χ0) is 15.9. The van der Waals surface area contributed by atoms with Crippen molar-refractivity contribution in [1.29, 1.82) is 0 Å². The fourth-order valence-electron chi connectivity index (χ4n) is 3.27. The molecule has 8 heteroatoms. The number of methoxy groups -OCH3 is 1. The van der Waals surface area contributed by atoms with Gasteiger partial charge in [-0.25, -0.2) is 0 Å². The molecule has 3 unspecified atom stereocenters. The molecule has 0 aromatic rings. The topological polar surface area (TPSA) is 18.5 Å². The maximum absolute atomic E-state index is 13.2. The number of halogens is 6. The number of hydrogen-bond acceptors (Lipinski definition) is 2. The predicted octanol–water partition coefficient (Wildman–Crippen LogP) is 4.07. The molecule has 0 amide bonds. The van der Waals surface area contributed by atoms with Crippen molar-refractivity contribution in [3.8, 4) is 0 Å². The molecule has 2 rings (SSSR count). The molecule has 0 aromatic carbocycles. The van der Waals surface area contributed by atoms with E-state index < -0.39 is 37.1 Å². The number of rotatable bonds is 5. The zero-order valence-corrected chi connectivity index (χ0v) is 11.3. The molecule has 1 fully saturated rings. The van der Waals surface area contributed by atoms with Gasteiger partial charge < -0.3 is 9.47 Å². The van der Waals surface area contributed by atoms with Gasteiger partial charge in [-0.05, 0) is 37.0 Å². The van der Waals surface area contributed by atoms with Crippen LogP contribution in [0.25, 0.3) is 0 Å².